The van der Waals surface area contributed by atoms with Crippen LogP contribution in [-0.2, 0) is 9.47 Å². The molecule has 0 spiro atoms. The number of nitriles is 1. The molecule has 1 aliphatic rings. The molecule has 1 heterocycles. The Morgan fingerprint density at radius 2 is 1.82 bits per heavy atom. The lowest BCUT2D eigenvalue weighted by Crippen LogP contribution is -2.60. The van der Waals surface area contributed by atoms with E-state index in [1.807, 2.05) is 6.07 Å². The largest absolute Gasteiger partial charge is 0.394 e. The molecule has 17 heavy (non-hydrogen) atoms. The first-order valence-electron chi connectivity index (χ1n) is 5.22. The summed E-state index contributed by atoms with van der Waals surface area (Å²) in [6.45, 7) is 2.40. The Kier molecular flexibility index (Phi) is 4.43. The van der Waals surface area contributed by atoms with Crippen LogP contribution in [0.1, 0.15) is 13.8 Å². The molecule has 98 valence electrons. The van der Waals surface area contributed by atoms with Gasteiger partial charge >= 0.3 is 0 Å². The second kappa shape index (κ2) is 5.27. The van der Waals surface area contributed by atoms with Crippen molar-refractivity contribution in [1.82, 2.24) is 0 Å². The quantitative estimate of drug-likeness (QED) is 0.459. The zero-order chi connectivity index (χ0) is 13.2. The van der Waals surface area contributed by atoms with Gasteiger partial charge in [-0.25, -0.2) is 0 Å². The van der Waals surface area contributed by atoms with Crippen LogP contribution in [0.15, 0.2) is 0 Å². The SMILES string of the molecule is CC(C)(C#N)O[C@H]1OC(CO)C(O)C(O)C1O. The molecule has 0 radical (unpaired) electrons. The van der Waals surface area contributed by atoms with Crippen molar-refractivity contribution in [2.24, 2.45) is 0 Å². The van der Waals surface area contributed by atoms with Crippen molar-refractivity contribution in [3.05, 3.63) is 0 Å². The van der Waals surface area contributed by atoms with E-state index in [4.69, 9.17) is 19.8 Å². The molecule has 7 heteroatoms. The summed E-state index contributed by atoms with van der Waals surface area (Å²) in [5, 5.41) is 46.3. The summed E-state index contributed by atoms with van der Waals surface area (Å²) < 4.78 is 10.3. The van der Waals surface area contributed by atoms with Gasteiger partial charge in [0, 0.05) is 0 Å². The summed E-state index contributed by atoms with van der Waals surface area (Å²) in [6, 6.07) is 1.85. The molecule has 1 aliphatic heterocycles. The molecule has 4 N–H and O–H groups in total. The molecule has 0 aromatic carbocycles. The Hall–Kier alpha value is -0.750. The predicted molar refractivity (Wildman–Crippen MR) is 54.5 cm³/mol. The second-order valence-corrected chi connectivity index (χ2v) is 4.44. The minimum atomic E-state index is -1.50. The zero-order valence-corrected chi connectivity index (χ0v) is 9.65. The van der Waals surface area contributed by atoms with Crippen LogP contribution in [0.25, 0.3) is 0 Å². The first-order valence-corrected chi connectivity index (χ1v) is 5.22. The second-order valence-electron chi connectivity index (χ2n) is 4.44. The number of aliphatic hydroxyl groups excluding tert-OH is 4. The zero-order valence-electron chi connectivity index (χ0n) is 9.65. The van der Waals surface area contributed by atoms with Crippen LogP contribution in [0.5, 0.6) is 0 Å². The molecular weight excluding hydrogens is 230 g/mol. The third-order valence-corrected chi connectivity index (χ3v) is 2.53. The standard InChI is InChI=1S/C10H17NO6/c1-10(2,4-11)17-9-8(15)7(14)6(13)5(3-12)16-9/h5-9,12-15H,3H2,1-2H3/t5?,6?,7?,8?,9-/m1/s1. The number of aliphatic hydroxyl groups is 4. The van der Waals surface area contributed by atoms with Crippen LogP contribution >= 0.6 is 0 Å². The van der Waals surface area contributed by atoms with Gasteiger partial charge in [0.1, 0.15) is 24.4 Å². The van der Waals surface area contributed by atoms with Crippen molar-refractivity contribution in [2.45, 2.75) is 50.2 Å². The van der Waals surface area contributed by atoms with E-state index in [0.717, 1.165) is 0 Å². The smallest absolute Gasteiger partial charge is 0.188 e. The van der Waals surface area contributed by atoms with Gasteiger partial charge in [0.05, 0.1) is 12.7 Å². The molecule has 1 rings (SSSR count). The van der Waals surface area contributed by atoms with Gasteiger partial charge in [0.25, 0.3) is 0 Å². The third-order valence-electron chi connectivity index (χ3n) is 2.53. The van der Waals surface area contributed by atoms with Gasteiger partial charge in [-0.15, -0.1) is 0 Å². The minimum absolute atomic E-state index is 0.530. The van der Waals surface area contributed by atoms with Crippen LogP contribution in [0.2, 0.25) is 0 Å². The highest BCUT2D eigenvalue weighted by molar-refractivity contribution is 4.97. The fourth-order valence-corrected chi connectivity index (χ4v) is 1.48. The molecule has 0 aromatic rings. The average Bonchev–Trinajstić information content (AvgIpc) is 2.30. The Bertz CT molecular complexity index is 300. The number of rotatable bonds is 3. The Morgan fingerprint density at radius 3 is 2.29 bits per heavy atom. The molecule has 1 saturated heterocycles. The van der Waals surface area contributed by atoms with E-state index in [0.29, 0.717) is 0 Å². The van der Waals surface area contributed by atoms with E-state index >= 15 is 0 Å². The molecule has 0 bridgehead atoms. The number of nitrogens with zero attached hydrogens (tertiary/aromatic N) is 1. The van der Waals surface area contributed by atoms with Crippen molar-refractivity contribution in [1.29, 1.82) is 5.26 Å². The van der Waals surface area contributed by atoms with Crippen LogP contribution in [0.3, 0.4) is 0 Å². The molecule has 7 nitrogen and oxygen atoms in total. The van der Waals surface area contributed by atoms with E-state index < -0.39 is 42.9 Å². The molecule has 4 unspecified atom stereocenters. The number of hydrogen-bond donors (Lipinski definition) is 4. The molecule has 0 aliphatic carbocycles. The maximum atomic E-state index is 9.63. The first kappa shape index (κ1) is 14.3. The summed E-state index contributed by atoms with van der Waals surface area (Å²) in [5.41, 5.74) is -1.21. The van der Waals surface area contributed by atoms with Crippen LogP contribution in [0, 0.1) is 11.3 Å². The predicted octanol–water partition coefficient (Wildman–Crippen LogP) is -1.89. The molecule has 5 atom stereocenters. The third kappa shape index (κ3) is 3.13. The summed E-state index contributed by atoms with van der Waals surface area (Å²) in [6.07, 6.45) is -6.73. The minimum Gasteiger partial charge on any atom is -0.394 e. The highest BCUT2D eigenvalue weighted by Gasteiger charge is 2.45. The normalized spacial score (nSPS) is 38.8. The van der Waals surface area contributed by atoms with Gasteiger partial charge in [-0.3, -0.25) is 0 Å². The van der Waals surface area contributed by atoms with Gasteiger partial charge in [-0.05, 0) is 13.8 Å². The maximum absolute atomic E-state index is 9.63. The van der Waals surface area contributed by atoms with Gasteiger partial charge in [0.2, 0.25) is 0 Å². The first-order chi connectivity index (χ1) is 7.82. The van der Waals surface area contributed by atoms with E-state index in [1.54, 1.807) is 0 Å². The van der Waals surface area contributed by atoms with Crippen LogP contribution < -0.4 is 0 Å². The Balaban J connectivity index is 2.76. The Labute approximate surface area is 98.8 Å². The monoisotopic (exact) mass is 247 g/mol. The van der Waals surface area contributed by atoms with Crippen molar-refractivity contribution in [3.63, 3.8) is 0 Å². The van der Waals surface area contributed by atoms with Crippen molar-refractivity contribution >= 4 is 0 Å². The fourth-order valence-electron chi connectivity index (χ4n) is 1.48. The maximum Gasteiger partial charge on any atom is 0.188 e. The molecule has 0 aromatic heterocycles. The van der Waals surface area contributed by atoms with E-state index in [1.165, 1.54) is 13.8 Å². The Morgan fingerprint density at radius 1 is 1.24 bits per heavy atom. The summed E-state index contributed by atoms with van der Waals surface area (Å²) >= 11 is 0. The number of hydrogen-bond acceptors (Lipinski definition) is 7. The summed E-state index contributed by atoms with van der Waals surface area (Å²) in [4.78, 5) is 0. The van der Waals surface area contributed by atoms with Gasteiger partial charge < -0.3 is 29.9 Å². The van der Waals surface area contributed by atoms with Gasteiger partial charge in [0.15, 0.2) is 11.9 Å². The molecule has 0 amide bonds. The lowest BCUT2D eigenvalue weighted by Gasteiger charge is -2.41. The van der Waals surface area contributed by atoms with E-state index in [9.17, 15) is 15.3 Å². The van der Waals surface area contributed by atoms with Crippen LogP contribution in [0.4, 0.5) is 0 Å². The van der Waals surface area contributed by atoms with Crippen LogP contribution in [-0.4, -0.2) is 63.3 Å². The summed E-state index contributed by atoms with van der Waals surface area (Å²) in [5.74, 6) is 0. The summed E-state index contributed by atoms with van der Waals surface area (Å²) in [7, 11) is 0. The highest BCUT2D eigenvalue weighted by atomic mass is 16.7. The van der Waals surface area contributed by atoms with Crippen molar-refractivity contribution in [3.8, 4) is 6.07 Å². The molecule has 0 saturated carbocycles. The average molecular weight is 247 g/mol. The van der Waals surface area contributed by atoms with E-state index in [-0.39, 0.29) is 0 Å². The van der Waals surface area contributed by atoms with Crippen molar-refractivity contribution in [2.75, 3.05) is 6.61 Å². The fraction of sp³-hybridized carbons (Fsp3) is 0.900. The number of ether oxygens (including phenoxy) is 2. The highest BCUT2D eigenvalue weighted by Crippen LogP contribution is 2.25. The van der Waals surface area contributed by atoms with E-state index in [2.05, 4.69) is 0 Å². The lowest BCUT2D eigenvalue weighted by molar-refractivity contribution is -0.316. The van der Waals surface area contributed by atoms with Crippen molar-refractivity contribution < 1.29 is 29.9 Å². The van der Waals surface area contributed by atoms with Gasteiger partial charge in [-0.1, -0.05) is 0 Å². The van der Waals surface area contributed by atoms with Gasteiger partial charge in [-0.2, -0.15) is 5.26 Å². The molecule has 1 fully saturated rings. The lowest BCUT2D eigenvalue weighted by atomic mass is 9.99. The topological polar surface area (TPSA) is 123 Å². The molecular formula is C10H17NO6.